The van der Waals surface area contributed by atoms with Gasteiger partial charge in [0.2, 0.25) is 5.13 Å². The molecule has 0 aliphatic heterocycles. The van der Waals surface area contributed by atoms with E-state index in [1.807, 2.05) is 30.3 Å². The standard InChI is InChI=1S/C25H15ClF3N5OS/c26-18-8-4-5-9-19(18)34-20(14-21(32-34)25(27,28)29)15-10-12-17(13-11-15)23(35)31-24-30-22(33-36-24)16-6-2-1-3-7-16/h1-14H,(H,30,31,33,35). The topological polar surface area (TPSA) is 72.7 Å². The van der Waals surface area contributed by atoms with Crippen LogP contribution in [0.5, 0.6) is 0 Å². The second-order valence-electron chi connectivity index (χ2n) is 7.60. The minimum Gasteiger partial charge on any atom is -0.297 e. The third-order valence-corrected chi connectivity index (χ3v) is 6.15. The zero-order chi connectivity index (χ0) is 25.3. The molecule has 1 N–H and O–H groups in total. The minimum atomic E-state index is -4.64. The molecule has 0 spiro atoms. The fourth-order valence-corrected chi connectivity index (χ4v) is 4.27. The predicted molar refractivity (Wildman–Crippen MR) is 132 cm³/mol. The fraction of sp³-hybridized carbons (Fsp3) is 0.0400. The molecule has 0 fully saturated rings. The Bertz CT molecular complexity index is 1530. The molecule has 0 aliphatic rings. The van der Waals surface area contributed by atoms with E-state index >= 15 is 0 Å². The number of carbonyl (C=O) groups excluding carboxylic acids is 1. The number of anilines is 1. The van der Waals surface area contributed by atoms with E-state index in [1.165, 1.54) is 12.1 Å². The van der Waals surface area contributed by atoms with Crippen molar-refractivity contribution in [3.63, 3.8) is 0 Å². The molecule has 0 unspecified atom stereocenters. The first-order valence-corrected chi connectivity index (χ1v) is 11.7. The Hall–Kier alpha value is -4.02. The molecular formula is C25H15ClF3N5OS. The van der Waals surface area contributed by atoms with Crippen LogP contribution in [0.2, 0.25) is 5.02 Å². The highest BCUT2D eigenvalue weighted by Crippen LogP contribution is 2.34. The molecule has 36 heavy (non-hydrogen) atoms. The molecule has 3 aromatic carbocycles. The van der Waals surface area contributed by atoms with Crippen LogP contribution in [0.3, 0.4) is 0 Å². The van der Waals surface area contributed by atoms with E-state index in [4.69, 9.17) is 11.6 Å². The van der Waals surface area contributed by atoms with E-state index in [0.717, 1.165) is 27.8 Å². The first kappa shape index (κ1) is 23.7. The van der Waals surface area contributed by atoms with Crippen molar-refractivity contribution in [3.05, 3.63) is 101 Å². The molecule has 0 bridgehead atoms. The number of hydrogen-bond donors (Lipinski definition) is 1. The van der Waals surface area contributed by atoms with Gasteiger partial charge >= 0.3 is 6.18 Å². The molecule has 0 saturated carbocycles. The molecule has 5 aromatic rings. The van der Waals surface area contributed by atoms with E-state index in [1.54, 1.807) is 36.4 Å². The maximum absolute atomic E-state index is 13.4. The number of para-hydroxylation sites is 1. The van der Waals surface area contributed by atoms with Gasteiger partial charge in [-0.1, -0.05) is 66.2 Å². The average molecular weight is 526 g/mol. The van der Waals surface area contributed by atoms with Gasteiger partial charge in [0, 0.05) is 28.2 Å². The SMILES string of the molecule is O=C(Nc1nc(-c2ccccc2)ns1)c1ccc(-c2cc(C(F)(F)F)nn2-c2ccccc2Cl)cc1. The average Bonchev–Trinajstić information content (AvgIpc) is 3.53. The van der Waals surface area contributed by atoms with Gasteiger partial charge in [0.15, 0.2) is 11.5 Å². The van der Waals surface area contributed by atoms with Crippen molar-refractivity contribution < 1.29 is 18.0 Å². The summed E-state index contributed by atoms with van der Waals surface area (Å²) in [5, 5.41) is 7.02. The molecule has 1 amide bonds. The highest BCUT2D eigenvalue weighted by molar-refractivity contribution is 7.10. The summed E-state index contributed by atoms with van der Waals surface area (Å²) < 4.78 is 45.7. The van der Waals surface area contributed by atoms with Gasteiger partial charge in [-0.15, -0.1) is 0 Å². The molecule has 0 saturated heterocycles. The van der Waals surface area contributed by atoms with E-state index < -0.39 is 17.8 Å². The lowest BCUT2D eigenvalue weighted by Gasteiger charge is -2.10. The summed E-state index contributed by atoms with van der Waals surface area (Å²) >= 11 is 7.27. The van der Waals surface area contributed by atoms with Crippen molar-refractivity contribution in [1.29, 1.82) is 0 Å². The lowest BCUT2D eigenvalue weighted by Crippen LogP contribution is -2.11. The molecule has 5 rings (SSSR count). The third-order valence-electron chi connectivity index (χ3n) is 5.20. The first-order chi connectivity index (χ1) is 17.3. The summed E-state index contributed by atoms with van der Waals surface area (Å²) in [6, 6.07) is 22.9. The van der Waals surface area contributed by atoms with Crippen molar-refractivity contribution in [2.45, 2.75) is 6.18 Å². The Morgan fingerprint density at radius 2 is 1.61 bits per heavy atom. The monoisotopic (exact) mass is 525 g/mol. The van der Waals surface area contributed by atoms with Crippen molar-refractivity contribution in [2.75, 3.05) is 5.32 Å². The number of amides is 1. The lowest BCUT2D eigenvalue weighted by molar-refractivity contribution is -0.141. The van der Waals surface area contributed by atoms with Crippen LogP contribution < -0.4 is 5.32 Å². The van der Waals surface area contributed by atoms with Gasteiger partial charge in [-0.3, -0.25) is 10.1 Å². The normalized spacial score (nSPS) is 11.4. The van der Waals surface area contributed by atoms with Crippen LogP contribution in [0.1, 0.15) is 16.1 Å². The molecule has 6 nitrogen and oxygen atoms in total. The Balaban J connectivity index is 1.41. The Labute approximate surface area is 212 Å². The van der Waals surface area contributed by atoms with Gasteiger partial charge in [-0.05, 0) is 30.3 Å². The van der Waals surface area contributed by atoms with Gasteiger partial charge < -0.3 is 0 Å². The number of benzene rings is 3. The van der Waals surface area contributed by atoms with Crippen molar-refractivity contribution in [2.24, 2.45) is 0 Å². The van der Waals surface area contributed by atoms with Crippen molar-refractivity contribution in [3.8, 4) is 28.3 Å². The van der Waals surface area contributed by atoms with Crippen LogP contribution in [0.25, 0.3) is 28.3 Å². The number of nitrogens with zero attached hydrogens (tertiary/aromatic N) is 4. The molecule has 180 valence electrons. The van der Waals surface area contributed by atoms with Crippen molar-refractivity contribution >= 4 is 34.2 Å². The van der Waals surface area contributed by atoms with Gasteiger partial charge in [0.25, 0.3) is 5.91 Å². The summed E-state index contributed by atoms with van der Waals surface area (Å²) in [4.78, 5) is 17.1. The third kappa shape index (κ3) is 4.86. The molecule has 2 aromatic heterocycles. The van der Waals surface area contributed by atoms with Gasteiger partial charge in [0.1, 0.15) is 0 Å². The molecule has 11 heteroatoms. The summed E-state index contributed by atoms with van der Waals surface area (Å²) in [5.41, 5.74) is 0.986. The maximum Gasteiger partial charge on any atom is 0.435 e. The van der Waals surface area contributed by atoms with Crippen LogP contribution in [-0.2, 0) is 6.18 Å². The number of hydrogen-bond acceptors (Lipinski definition) is 5. The van der Waals surface area contributed by atoms with Crippen LogP contribution in [-0.4, -0.2) is 25.0 Å². The van der Waals surface area contributed by atoms with Gasteiger partial charge in [-0.2, -0.15) is 27.6 Å². The molecule has 0 radical (unpaired) electrons. The van der Waals surface area contributed by atoms with E-state index in [0.29, 0.717) is 27.8 Å². The van der Waals surface area contributed by atoms with Crippen molar-refractivity contribution in [1.82, 2.24) is 19.1 Å². The van der Waals surface area contributed by atoms with Crippen LogP contribution in [0, 0.1) is 0 Å². The smallest absolute Gasteiger partial charge is 0.297 e. The quantitative estimate of drug-likeness (QED) is 0.268. The number of alkyl halides is 3. The maximum atomic E-state index is 13.4. The zero-order valence-corrected chi connectivity index (χ0v) is 19.8. The summed E-state index contributed by atoms with van der Waals surface area (Å²) in [6.45, 7) is 0. The van der Waals surface area contributed by atoms with E-state index in [-0.39, 0.29) is 10.7 Å². The minimum absolute atomic E-state index is 0.180. The van der Waals surface area contributed by atoms with E-state index in [2.05, 4.69) is 19.8 Å². The predicted octanol–water partition coefficient (Wildman–Crippen LogP) is 6.98. The Kier molecular flexibility index (Phi) is 6.29. The van der Waals surface area contributed by atoms with Crippen LogP contribution >= 0.6 is 23.1 Å². The summed E-state index contributed by atoms with van der Waals surface area (Å²) in [7, 11) is 0. The number of halogens is 4. The van der Waals surface area contributed by atoms with Gasteiger partial charge in [0.05, 0.1) is 16.4 Å². The largest absolute Gasteiger partial charge is 0.435 e. The summed E-state index contributed by atoms with van der Waals surface area (Å²) in [6.07, 6.45) is -4.64. The first-order valence-electron chi connectivity index (χ1n) is 10.5. The van der Waals surface area contributed by atoms with Gasteiger partial charge in [-0.25, -0.2) is 4.68 Å². The molecule has 0 atom stereocenters. The van der Waals surface area contributed by atoms with E-state index in [9.17, 15) is 18.0 Å². The second kappa shape index (κ2) is 9.56. The highest BCUT2D eigenvalue weighted by atomic mass is 35.5. The zero-order valence-electron chi connectivity index (χ0n) is 18.2. The molecule has 2 heterocycles. The number of nitrogens with one attached hydrogen (secondary N) is 1. The van der Waals surface area contributed by atoms with Crippen LogP contribution in [0.4, 0.5) is 18.3 Å². The number of carbonyl (C=O) groups is 1. The Morgan fingerprint density at radius 3 is 2.31 bits per heavy atom. The number of aromatic nitrogens is 4. The second-order valence-corrected chi connectivity index (χ2v) is 8.76. The summed E-state index contributed by atoms with van der Waals surface area (Å²) in [5.74, 6) is 0.0763. The molecule has 0 aliphatic carbocycles. The molecular weight excluding hydrogens is 511 g/mol. The highest BCUT2D eigenvalue weighted by Gasteiger charge is 2.35. The Morgan fingerprint density at radius 1 is 0.917 bits per heavy atom. The van der Waals surface area contributed by atoms with Crippen LogP contribution in [0.15, 0.2) is 84.9 Å². The fourth-order valence-electron chi connectivity index (χ4n) is 3.47. The number of rotatable bonds is 5. The lowest BCUT2D eigenvalue weighted by atomic mass is 10.1.